The van der Waals surface area contributed by atoms with Gasteiger partial charge in [0.15, 0.2) is 11.8 Å². The summed E-state index contributed by atoms with van der Waals surface area (Å²) in [6.45, 7) is 13.9. The van der Waals surface area contributed by atoms with Crippen molar-refractivity contribution in [3.05, 3.63) is 46.8 Å². The number of amides is 2. The van der Waals surface area contributed by atoms with Crippen LogP contribution in [0.4, 0.5) is 21.5 Å². The Morgan fingerprint density at radius 1 is 1.10 bits per heavy atom. The molecule has 41 heavy (non-hydrogen) atoms. The normalized spacial score (nSPS) is 15.6. The second kappa shape index (κ2) is 11.6. The molecule has 0 saturated heterocycles. The summed E-state index contributed by atoms with van der Waals surface area (Å²) in [5.41, 5.74) is 1.09. The number of carbonyl (C=O) groups excluding carboxylic acids is 2. The topological polar surface area (TPSA) is 142 Å². The second-order valence-corrected chi connectivity index (χ2v) is 14.1. The minimum Gasteiger partial charge on any atom is -0.492 e. The third-order valence-corrected chi connectivity index (χ3v) is 6.89. The van der Waals surface area contributed by atoms with E-state index in [-0.39, 0.29) is 46.1 Å². The Morgan fingerprint density at radius 3 is 2.29 bits per heavy atom. The molecule has 3 rings (SSSR count). The molecule has 224 valence electrons. The molecule has 1 heterocycles. The molecule has 0 aromatic heterocycles. The van der Waals surface area contributed by atoms with E-state index in [0.717, 1.165) is 17.9 Å². The summed E-state index contributed by atoms with van der Waals surface area (Å²) in [5, 5.41) is 15.1. The average molecular weight is 591 g/mol. The molecule has 1 aliphatic rings. The van der Waals surface area contributed by atoms with Crippen LogP contribution in [0.2, 0.25) is 0 Å². The van der Waals surface area contributed by atoms with E-state index >= 15 is 4.39 Å². The Morgan fingerprint density at radius 2 is 1.73 bits per heavy atom. The molecule has 2 aromatic rings. The van der Waals surface area contributed by atoms with E-state index in [9.17, 15) is 18.0 Å². The first-order valence-electron chi connectivity index (χ1n) is 13.1. The summed E-state index contributed by atoms with van der Waals surface area (Å²) < 4.78 is 47.0. The zero-order valence-electron chi connectivity index (χ0n) is 25.0. The van der Waals surface area contributed by atoms with Crippen molar-refractivity contribution in [1.82, 2.24) is 5.32 Å². The van der Waals surface area contributed by atoms with Gasteiger partial charge < -0.3 is 15.4 Å². The number of rotatable bonds is 8. The minimum atomic E-state index is -3.66. The third-order valence-electron chi connectivity index (χ3n) is 6.30. The molecule has 0 spiro atoms. The summed E-state index contributed by atoms with van der Waals surface area (Å²) in [7, 11) is -2.31. The molecule has 2 aromatic carbocycles. The number of hydrogen-bond acceptors (Lipinski definition) is 8. The molecule has 0 saturated carbocycles. The highest BCUT2D eigenvalue weighted by atomic mass is 32.2. The molecule has 0 radical (unpaired) electrons. The van der Waals surface area contributed by atoms with Crippen molar-refractivity contribution in [1.29, 1.82) is 0 Å². The summed E-state index contributed by atoms with van der Waals surface area (Å²) >= 11 is 0. The number of carbonyl (C=O) groups is 2. The standard InChI is InChI=1S/C28H39FN6O5S/c1-16-19(29)10-17(11-23(16)35-14-22(32-34-35)26(37)30-15-27(2,3)4)25(36)31-20-12-18(28(5,6)7)13-21(24(20)40-8)33-41(9,38)39/h10-13,22,33H,14-15H2,1-9H3,(H,30,37)(H,31,36). The monoisotopic (exact) mass is 590 g/mol. The van der Waals surface area contributed by atoms with Crippen LogP contribution in [-0.4, -0.2) is 52.7 Å². The van der Waals surface area contributed by atoms with Crippen molar-refractivity contribution in [2.45, 2.75) is 59.9 Å². The van der Waals surface area contributed by atoms with Gasteiger partial charge in [-0.2, -0.15) is 5.11 Å². The summed E-state index contributed by atoms with van der Waals surface area (Å²) in [4.78, 5) is 26.0. The fourth-order valence-electron chi connectivity index (χ4n) is 4.02. The van der Waals surface area contributed by atoms with E-state index < -0.39 is 33.2 Å². The molecular weight excluding hydrogens is 551 g/mol. The number of sulfonamides is 1. The van der Waals surface area contributed by atoms with Gasteiger partial charge in [-0.3, -0.25) is 14.3 Å². The van der Waals surface area contributed by atoms with Crippen LogP contribution in [0.15, 0.2) is 34.6 Å². The van der Waals surface area contributed by atoms with Crippen LogP contribution < -0.4 is 25.1 Å². The Balaban J connectivity index is 1.92. The van der Waals surface area contributed by atoms with Crippen LogP contribution in [0, 0.1) is 18.2 Å². The zero-order chi connectivity index (χ0) is 30.9. The van der Waals surface area contributed by atoms with Gasteiger partial charge >= 0.3 is 0 Å². The minimum absolute atomic E-state index is 0.0141. The highest BCUT2D eigenvalue weighted by Gasteiger charge is 2.30. The number of hydrogen-bond donors (Lipinski definition) is 3. The molecule has 0 fully saturated rings. The molecule has 11 nitrogen and oxygen atoms in total. The number of halogens is 1. The summed E-state index contributed by atoms with van der Waals surface area (Å²) in [6.07, 6.45) is 1.01. The SMILES string of the molecule is COc1c(NC(=O)c2cc(F)c(C)c(N3CC(C(=O)NCC(C)(C)C)N=N3)c2)cc(C(C)(C)C)cc1NS(C)(=O)=O. The predicted molar refractivity (Wildman–Crippen MR) is 158 cm³/mol. The van der Waals surface area contributed by atoms with Crippen molar-refractivity contribution in [2.24, 2.45) is 15.8 Å². The maximum atomic E-state index is 15.1. The first-order valence-corrected chi connectivity index (χ1v) is 15.0. The van der Waals surface area contributed by atoms with Gasteiger partial charge in [-0.15, -0.1) is 0 Å². The highest BCUT2D eigenvalue weighted by Crippen LogP contribution is 2.39. The molecule has 1 atom stereocenters. The highest BCUT2D eigenvalue weighted by molar-refractivity contribution is 7.92. The van der Waals surface area contributed by atoms with Crippen molar-refractivity contribution in [3.63, 3.8) is 0 Å². The maximum Gasteiger partial charge on any atom is 0.255 e. The number of benzene rings is 2. The number of nitrogens with one attached hydrogen (secondary N) is 3. The molecule has 1 unspecified atom stereocenters. The molecule has 0 aliphatic carbocycles. The Kier molecular flexibility index (Phi) is 9.02. The molecule has 1 aliphatic heterocycles. The molecule has 0 bridgehead atoms. The number of ether oxygens (including phenoxy) is 1. The Bertz CT molecular complexity index is 1480. The number of nitrogens with zero attached hydrogens (tertiary/aromatic N) is 3. The van der Waals surface area contributed by atoms with Gasteiger partial charge in [-0.05, 0) is 47.6 Å². The zero-order valence-corrected chi connectivity index (χ0v) is 25.8. The van der Waals surface area contributed by atoms with Crippen LogP contribution in [-0.2, 0) is 20.2 Å². The van der Waals surface area contributed by atoms with Gasteiger partial charge in [-0.25, -0.2) is 17.8 Å². The first kappa shape index (κ1) is 31.8. The fourth-order valence-corrected chi connectivity index (χ4v) is 4.57. The molecule has 2 amide bonds. The van der Waals surface area contributed by atoms with Crippen LogP contribution >= 0.6 is 0 Å². The second-order valence-electron chi connectivity index (χ2n) is 12.4. The van der Waals surface area contributed by atoms with Crippen molar-refractivity contribution < 1.29 is 27.1 Å². The summed E-state index contributed by atoms with van der Waals surface area (Å²) in [5.74, 6) is -1.49. The van der Waals surface area contributed by atoms with E-state index in [1.165, 1.54) is 18.2 Å². The third kappa shape index (κ3) is 8.15. The van der Waals surface area contributed by atoms with E-state index in [2.05, 4.69) is 25.7 Å². The Labute approximate surface area is 241 Å². The predicted octanol–water partition coefficient (Wildman–Crippen LogP) is 4.78. The largest absolute Gasteiger partial charge is 0.492 e. The van der Waals surface area contributed by atoms with Gasteiger partial charge in [0, 0.05) is 17.7 Å². The van der Waals surface area contributed by atoms with E-state index in [4.69, 9.17) is 4.74 Å². The Hall–Kier alpha value is -3.74. The van der Waals surface area contributed by atoms with Gasteiger partial charge in [0.25, 0.3) is 5.91 Å². The van der Waals surface area contributed by atoms with Gasteiger partial charge in [0.2, 0.25) is 15.9 Å². The maximum absolute atomic E-state index is 15.1. The van der Waals surface area contributed by atoms with Crippen molar-refractivity contribution in [2.75, 3.05) is 41.5 Å². The van der Waals surface area contributed by atoms with Gasteiger partial charge in [0.1, 0.15) is 5.82 Å². The van der Waals surface area contributed by atoms with Crippen LogP contribution in [0.3, 0.4) is 0 Å². The summed E-state index contributed by atoms with van der Waals surface area (Å²) in [6, 6.07) is 5.13. The lowest BCUT2D eigenvalue weighted by Gasteiger charge is -2.24. The van der Waals surface area contributed by atoms with Gasteiger partial charge in [-0.1, -0.05) is 46.8 Å². The lowest BCUT2D eigenvalue weighted by Crippen LogP contribution is -2.40. The lowest BCUT2D eigenvalue weighted by atomic mass is 9.86. The smallest absolute Gasteiger partial charge is 0.255 e. The number of methoxy groups -OCH3 is 1. The van der Waals surface area contributed by atoms with Crippen LogP contribution in [0.5, 0.6) is 5.75 Å². The quantitative estimate of drug-likeness (QED) is 0.404. The molecule has 13 heteroatoms. The molecular formula is C28H39FN6O5S. The van der Waals surface area contributed by atoms with Gasteiger partial charge in [0.05, 0.1) is 37.0 Å². The molecule has 3 N–H and O–H groups in total. The van der Waals surface area contributed by atoms with Crippen molar-refractivity contribution in [3.8, 4) is 5.75 Å². The van der Waals surface area contributed by atoms with E-state index in [1.807, 2.05) is 41.5 Å². The van der Waals surface area contributed by atoms with Crippen LogP contribution in [0.25, 0.3) is 0 Å². The van der Waals surface area contributed by atoms with Crippen molar-refractivity contribution >= 4 is 38.9 Å². The van der Waals surface area contributed by atoms with E-state index in [0.29, 0.717) is 12.2 Å². The lowest BCUT2D eigenvalue weighted by molar-refractivity contribution is -0.122. The fraction of sp³-hybridized carbons (Fsp3) is 0.500. The van der Waals surface area contributed by atoms with Crippen LogP contribution in [0.1, 0.15) is 63.0 Å². The average Bonchev–Trinajstić information content (AvgIpc) is 3.32. The first-order chi connectivity index (χ1) is 18.8. The number of anilines is 3. The van der Waals surface area contributed by atoms with E-state index in [1.54, 1.807) is 19.1 Å².